The minimum atomic E-state index is -5.07. The van der Waals surface area contributed by atoms with Gasteiger partial charge in [0.15, 0.2) is 0 Å². The summed E-state index contributed by atoms with van der Waals surface area (Å²) in [7, 11) is 0. The van der Waals surface area contributed by atoms with Gasteiger partial charge in [-0.25, -0.2) is 13.8 Å². The van der Waals surface area contributed by atoms with E-state index in [4.69, 9.17) is 5.26 Å². The van der Waals surface area contributed by atoms with Crippen molar-refractivity contribution in [2.24, 2.45) is 0 Å². The first kappa shape index (κ1) is 14.6. The SMILES string of the molecule is N#CCc1c(Br)cc(C(F)F)nc1OC(F)(F)F. The zero-order valence-electron chi connectivity index (χ0n) is 8.43. The molecule has 0 unspecified atom stereocenters. The van der Waals surface area contributed by atoms with Crippen LogP contribution in [0.25, 0.3) is 0 Å². The molecular formula is C9H4BrF5N2O. The third kappa shape index (κ3) is 3.80. The predicted octanol–water partition coefficient (Wildman–Crippen LogP) is 3.75. The summed E-state index contributed by atoms with van der Waals surface area (Å²) < 4.78 is 64.5. The van der Waals surface area contributed by atoms with E-state index in [0.717, 1.165) is 6.07 Å². The summed E-state index contributed by atoms with van der Waals surface area (Å²) in [5.41, 5.74) is -1.11. The number of nitrogens with zero attached hydrogens (tertiary/aromatic N) is 2. The second-order valence-corrected chi connectivity index (χ2v) is 3.85. The Kier molecular flexibility index (Phi) is 4.45. The highest BCUT2D eigenvalue weighted by Crippen LogP contribution is 2.33. The summed E-state index contributed by atoms with van der Waals surface area (Å²) in [5.74, 6) is -1.05. The van der Waals surface area contributed by atoms with E-state index in [1.54, 1.807) is 6.07 Å². The van der Waals surface area contributed by atoms with Gasteiger partial charge in [-0.05, 0) is 6.07 Å². The van der Waals surface area contributed by atoms with Gasteiger partial charge in [0, 0.05) is 10.0 Å². The van der Waals surface area contributed by atoms with Gasteiger partial charge in [0.2, 0.25) is 5.88 Å². The van der Waals surface area contributed by atoms with Crippen LogP contribution in [0.15, 0.2) is 10.5 Å². The van der Waals surface area contributed by atoms with Crippen molar-refractivity contribution < 1.29 is 26.7 Å². The lowest BCUT2D eigenvalue weighted by Gasteiger charge is -2.13. The van der Waals surface area contributed by atoms with E-state index in [0.29, 0.717) is 0 Å². The minimum absolute atomic E-state index is 0.0893. The van der Waals surface area contributed by atoms with Crippen LogP contribution in [-0.2, 0) is 6.42 Å². The Morgan fingerprint density at radius 2 is 2.06 bits per heavy atom. The highest BCUT2D eigenvalue weighted by Gasteiger charge is 2.34. The third-order valence-corrected chi connectivity index (χ3v) is 2.45. The van der Waals surface area contributed by atoms with Gasteiger partial charge in [-0.1, -0.05) is 15.9 Å². The maximum atomic E-state index is 12.4. The monoisotopic (exact) mass is 330 g/mol. The molecule has 0 aliphatic carbocycles. The lowest BCUT2D eigenvalue weighted by atomic mass is 10.2. The number of aromatic nitrogens is 1. The van der Waals surface area contributed by atoms with Crippen LogP contribution < -0.4 is 4.74 Å². The lowest BCUT2D eigenvalue weighted by molar-refractivity contribution is -0.276. The fourth-order valence-corrected chi connectivity index (χ4v) is 1.63. The normalized spacial score (nSPS) is 11.4. The molecule has 98 valence electrons. The number of hydrogen-bond donors (Lipinski definition) is 0. The molecule has 9 heteroatoms. The molecule has 0 amide bonds. The molecule has 0 fully saturated rings. The lowest BCUT2D eigenvalue weighted by Crippen LogP contribution is -2.19. The van der Waals surface area contributed by atoms with Gasteiger partial charge in [0.05, 0.1) is 12.5 Å². The second kappa shape index (κ2) is 5.48. The maximum Gasteiger partial charge on any atom is 0.574 e. The summed E-state index contributed by atoms with van der Waals surface area (Å²) in [6.07, 6.45) is -8.58. The topological polar surface area (TPSA) is 45.9 Å². The molecule has 0 atom stereocenters. The highest BCUT2D eigenvalue weighted by atomic mass is 79.9. The van der Waals surface area contributed by atoms with Crippen molar-refractivity contribution in [3.63, 3.8) is 0 Å². The van der Waals surface area contributed by atoms with Crippen molar-refractivity contribution in [2.45, 2.75) is 19.2 Å². The van der Waals surface area contributed by atoms with Crippen LogP contribution in [0.4, 0.5) is 22.0 Å². The minimum Gasteiger partial charge on any atom is -0.387 e. The Hall–Kier alpha value is -1.43. The molecule has 0 saturated heterocycles. The Labute approximate surface area is 106 Å². The standard InChI is InChI=1S/C9H4BrF5N2O/c10-5-3-6(7(11)12)17-8(4(5)1-2-16)18-9(13,14)15/h3,7H,1H2. The van der Waals surface area contributed by atoms with E-state index < -0.39 is 30.8 Å². The zero-order chi connectivity index (χ0) is 13.9. The smallest absolute Gasteiger partial charge is 0.387 e. The molecule has 18 heavy (non-hydrogen) atoms. The first-order chi connectivity index (χ1) is 8.24. The average molecular weight is 331 g/mol. The Bertz CT molecular complexity index is 483. The van der Waals surface area contributed by atoms with E-state index in [9.17, 15) is 22.0 Å². The summed E-state index contributed by atoms with van der Waals surface area (Å²) >= 11 is 2.80. The van der Waals surface area contributed by atoms with Crippen LogP contribution in [0.1, 0.15) is 17.7 Å². The van der Waals surface area contributed by atoms with Crippen molar-refractivity contribution >= 4 is 15.9 Å². The van der Waals surface area contributed by atoms with Gasteiger partial charge < -0.3 is 4.74 Å². The quantitative estimate of drug-likeness (QED) is 0.793. The van der Waals surface area contributed by atoms with E-state index in [1.807, 2.05) is 0 Å². The summed E-state index contributed by atoms with van der Waals surface area (Å²) in [6.45, 7) is 0. The molecule has 0 saturated carbocycles. The first-order valence-corrected chi connectivity index (χ1v) is 5.14. The van der Waals surface area contributed by atoms with Crippen molar-refractivity contribution in [1.82, 2.24) is 4.98 Å². The molecule has 1 heterocycles. The predicted molar refractivity (Wildman–Crippen MR) is 52.9 cm³/mol. The maximum absolute atomic E-state index is 12.4. The summed E-state index contributed by atoms with van der Waals surface area (Å²) in [6, 6.07) is 2.44. The number of hydrogen-bond acceptors (Lipinski definition) is 3. The Balaban J connectivity index is 3.29. The van der Waals surface area contributed by atoms with E-state index >= 15 is 0 Å². The van der Waals surface area contributed by atoms with Crippen molar-refractivity contribution in [1.29, 1.82) is 5.26 Å². The van der Waals surface area contributed by atoms with Crippen LogP contribution in [-0.4, -0.2) is 11.3 Å². The first-order valence-electron chi connectivity index (χ1n) is 4.34. The van der Waals surface area contributed by atoms with Crippen molar-refractivity contribution in [3.05, 3.63) is 21.8 Å². The highest BCUT2D eigenvalue weighted by molar-refractivity contribution is 9.10. The molecule has 1 aromatic heterocycles. The van der Waals surface area contributed by atoms with Gasteiger partial charge in [0.25, 0.3) is 6.43 Å². The molecule has 1 rings (SSSR count). The molecule has 0 bridgehead atoms. The van der Waals surface area contributed by atoms with Crippen molar-refractivity contribution in [2.75, 3.05) is 0 Å². The molecule has 0 radical (unpaired) electrons. The summed E-state index contributed by atoms with van der Waals surface area (Å²) in [4.78, 5) is 3.06. The van der Waals surface area contributed by atoms with E-state index in [-0.39, 0.29) is 10.0 Å². The molecule has 0 spiro atoms. The van der Waals surface area contributed by atoms with Gasteiger partial charge in [-0.2, -0.15) is 5.26 Å². The molecule has 0 aliphatic rings. The number of nitriles is 1. The number of halogens is 6. The van der Waals surface area contributed by atoms with Crippen LogP contribution in [0, 0.1) is 11.3 Å². The Morgan fingerprint density at radius 3 is 2.50 bits per heavy atom. The Morgan fingerprint density at radius 1 is 1.44 bits per heavy atom. The number of ether oxygens (including phenoxy) is 1. The molecule has 3 nitrogen and oxygen atoms in total. The van der Waals surface area contributed by atoms with Gasteiger partial charge in [-0.3, -0.25) is 0 Å². The van der Waals surface area contributed by atoms with E-state index in [1.165, 1.54) is 0 Å². The fraction of sp³-hybridized carbons (Fsp3) is 0.333. The van der Waals surface area contributed by atoms with Crippen LogP contribution >= 0.6 is 15.9 Å². The molecule has 0 aromatic carbocycles. The molecular weight excluding hydrogens is 327 g/mol. The van der Waals surface area contributed by atoms with E-state index in [2.05, 4.69) is 25.7 Å². The molecule has 1 aromatic rings. The largest absolute Gasteiger partial charge is 0.574 e. The van der Waals surface area contributed by atoms with Crippen molar-refractivity contribution in [3.8, 4) is 11.9 Å². The van der Waals surface area contributed by atoms with Crippen LogP contribution in [0.5, 0.6) is 5.88 Å². The number of pyridine rings is 1. The molecule has 0 N–H and O–H groups in total. The zero-order valence-corrected chi connectivity index (χ0v) is 10.0. The third-order valence-electron chi connectivity index (χ3n) is 1.74. The molecule has 0 aliphatic heterocycles. The van der Waals surface area contributed by atoms with Gasteiger partial charge >= 0.3 is 6.36 Å². The van der Waals surface area contributed by atoms with Crippen LogP contribution in [0.2, 0.25) is 0 Å². The number of rotatable bonds is 3. The fourth-order valence-electron chi connectivity index (χ4n) is 1.08. The van der Waals surface area contributed by atoms with Crippen LogP contribution in [0.3, 0.4) is 0 Å². The van der Waals surface area contributed by atoms with Gasteiger partial charge in [-0.15, -0.1) is 13.2 Å². The number of alkyl halides is 5. The second-order valence-electron chi connectivity index (χ2n) is 3.00. The average Bonchev–Trinajstić information content (AvgIpc) is 2.20. The van der Waals surface area contributed by atoms with Gasteiger partial charge in [0.1, 0.15) is 5.69 Å². The summed E-state index contributed by atoms with van der Waals surface area (Å²) in [5, 5.41) is 8.46.